The molecule has 0 aliphatic heterocycles. The van der Waals surface area contributed by atoms with Gasteiger partial charge in [0.1, 0.15) is 11.2 Å². The van der Waals surface area contributed by atoms with Crippen molar-refractivity contribution in [2.45, 2.75) is 198 Å². The zero-order valence-electron chi connectivity index (χ0n) is 34.2. The van der Waals surface area contributed by atoms with Gasteiger partial charge in [0.05, 0.1) is 0 Å². The Balaban J connectivity index is 1.17. The lowest BCUT2D eigenvalue weighted by Crippen LogP contribution is -2.28. The summed E-state index contributed by atoms with van der Waals surface area (Å²) in [7, 11) is -0.570. The van der Waals surface area contributed by atoms with Crippen LogP contribution < -0.4 is 10.6 Å². The maximum atomic E-state index is 5.60. The number of anilines is 2. The van der Waals surface area contributed by atoms with Gasteiger partial charge in [-0.2, -0.15) is 0 Å². The molecule has 0 amide bonds. The highest BCUT2D eigenvalue weighted by Gasteiger charge is 2.36. The quantitative estimate of drug-likeness (QED) is 0.0873. The maximum absolute atomic E-state index is 5.60. The first-order valence-corrected chi connectivity index (χ1v) is 25.3. The van der Waals surface area contributed by atoms with Crippen LogP contribution in [0.1, 0.15) is 170 Å². The lowest BCUT2D eigenvalue weighted by atomic mass is 9.99. The lowest BCUT2D eigenvalue weighted by Gasteiger charge is -2.39. The van der Waals surface area contributed by atoms with Gasteiger partial charge < -0.3 is 10.6 Å². The number of aliphatic imine (C=N–C) groups is 2. The average Bonchev–Trinajstić information content (AvgIpc) is 3.19. The summed E-state index contributed by atoms with van der Waals surface area (Å²) in [6.45, 7) is 11.0. The summed E-state index contributed by atoms with van der Waals surface area (Å²) in [5.74, 6) is 0. The van der Waals surface area contributed by atoms with Gasteiger partial charge in [-0.05, 0) is 159 Å². The number of hydrogen-bond acceptors (Lipinski definition) is 2. The van der Waals surface area contributed by atoms with Crippen molar-refractivity contribution >= 4 is 38.4 Å². The summed E-state index contributed by atoms with van der Waals surface area (Å²) in [5, 5.41) is 8.17. The van der Waals surface area contributed by atoms with Gasteiger partial charge >= 0.3 is 0 Å². The molecule has 0 atom stereocenters. The minimum Gasteiger partial charge on any atom is -0.340 e. The molecule has 4 aliphatic carbocycles. The van der Waals surface area contributed by atoms with Crippen LogP contribution in [0.15, 0.2) is 46.4 Å². The summed E-state index contributed by atoms with van der Waals surface area (Å²) < 4.78 is 0. The second-order valence-corrected chi connectivity index (χ2v) is 22.6. The molecule has 0 aromatic heterocycles. The number of nitrogens with zero attached hydrogens (tertiary/aromatic N) is 2. The fraction of sp³-hybridized carbons (Fsp3) is 0.702. The molecular formula is C47H74N4P2. The van der Waals surface area contributed by atoms with Gasteiger partial charge in [0.25, 0.3) is 0 Å². The van der Waals surface area contributed by atoms with Crippen molar-refractivity contribution in [3.05, 3.63) is 58.7 Å². The third kappa shape index (κ3) is 11.6. The third-order valence-corrected chi connectivity index (χ3v) is 19.8. The largest absolute Gasteiger partial charge is 0.340 e. The Kier molecular flexibility index (Phi) is 16.6. The van der Waals surface area contributed by atoms with Gasteiger partial charge in [-0.25, -0.2) is 0 Å². The van der Waals surface area contributed by atoms with Crippen molar-refractivity contribution in [1.29, 1.82) is 0 Å². The van der Waals surface area contributed by atoms with Gasteiger partial charge in [0, 0.05) is 24.5 Å². The summed E-state index contributed by atoms with van der Waals surface area (Å²) in [4.78, 5) is 11.2. The van der Waals surface area contributed by atoms with Crippen LogP contribution in [0.25, 0.3) is 0 Å². The van der Waals surface area contributed by atoms with E-state index in [0.29, 0.717) is 0 Å². The predicted molar refractivity (Wildman–Crippen MR) is 239 cm³/mol. The molecule has 2 aromatic carbocycles. The Morgan fingerprint density at radius 1 is 0.453 bits per heavy atom. The minimum absolute atomic E-state index is 0.285. The van der Waals surface area contributed by atoms with Crippen LogP contribution in [0.5, 0.6) is 0 Å². The first-order valence-electron chi connectivity index (χ1n) is 22.3. The highest BCUT2D eigenvalue weighted by Crippen LogP contribution is 2.58. The molecular weight excluding hydrogens is 682 g/mol. The van der Waals surface area contributed by atoms with Gasteiger partial charge in [-0.1, -0.05) is 113 Å². The van der Waals surface area contributed by atoms with E-state index in [1.807, 2.05) is 0 Å². The zero-order valence-corrected chi connectivity index (χ0v) is 36.0. The maximum Gasteiger partial charge on any atom is 0.124 e. The Hall–Kier alpha value is -1.76. The van der Waals surface area contributed by atoms with E-state index in [4.69, 9.17) is 9.98 Å². The molecule has 6 rings (SSSR count). The normalized spacial score (nSPS) is 20.7. The van der Waals surface area contributed by atoms with Crippen LogP contribution >= 0.6 is 15.8 Å². The number of hydrogen-bond donors (Lipinski definition) is 2. The number of nitrogens with one attached hydrogen (secondary N) is 2. The topological polar surface area (TPSA) is 48.8 Å². The van der Waals surface area contributed by atoms with Crippen LogP contribution in [-0.4, -0.2) is 46.9 Å². The fourth-order valence-electron chi connectivity index (χ4n) is 10.1. The van der Waals surface area contributed by atoms with Crippen LogP contribution in [0.3, 0.4) is 0 Å². The third-order valence-electron chi connectivity index (χ3n) is 13.1. The summed E-state index contributed by atoms with van der Waals surface area (Å²) >= 11 is 0. The second-order valence-electron chi connectivity index (χ2n) is 17.2. The molecule has 0 saturated heterocycles. The molecule has 0 unspecified atom stereocenters. The number of para-hydroxylation sites is 2. The Labute approximate surface area is 327 Å². The monoisotopic (exact) mass is 757 g/mol. The van der Waals surface area contributed by atoms with Crippen molar-refractivity contribution in [2.24, 2.45) is 9.98 Å². The number of rotatable bonds is 14. The van der Waals surface area contributed by atoms with Gasteiger partial charge in [-0.15, -0.1) is 0 Å². The molecule has 2 N–H and O–H groups in total. The van der Waals surface area contributed by atoms with Crippen molar-refractivity contribution in [3.63, 3.8) is 0 Å². The number of aryl methyl sites for hydroxylation is 4. The summed E-state index contributed by atoms with van der Waals surface area (Å²) in [6.07, 6.45) is 31.8. The van der Waals surface area contributed by atoms with Gasteiger partial charge in [-0.3, -0.25) is 9.98 Å². The average molecular weight is 757 g/mol. The van der Waals surface area contributed by atoms with Gasteiger partial charge in [0.15, 0.2) is 0 Å². The van der Waals surface area contributed by atoms with Crippen LogP contribution in [-0.2, 0) is 0 Å². The molecule has 0 radical (unpaired) electrons. The Morgan fingerprint density at radius 3 is 1.02 bits per heavy atom. The summed E-state index contributed by atoms with van der Waals surface area (Å²) in [6, 6.07) is 13.5. The van der Waals surface area contributed by atoms with Crippen LogP contribution in [0.2, 0.25) is 0 Å². The first kappa shape index (κ1) is 40.9. The molecule has 2 aromatic rings. The first-order chi connectivity index (χ1) is 26.0. The van der Waals surface area contributed by atoms with Gasteiger partial charge in [0.2, 0.25) is 0 Å². The molecule has 4 fully saturated rings. The standard InChI is InChI=1S/C47H74N4P2/c1-36-22-20-23-37(2)44(36)50-46(52(40-26-10-5-11-27-40)41-28-12-6-13-29-41)48-34-18-9-19-35-49-47(51-45-38(3)24-21-25-39(45)4)53(42-30-14-7-15-31-42)43-32-16-8-17-33-43/h20-25,40-43H,5-19,26-35H2,1-4H3,(H,48,50)(H,49,51). The smallest absolute Gasteiger partial charge is 0.124 e. The lowest BCUT2D eigenvalue weighted by molar-refractivity contribution is 0.487. The molecule has 292 valence electrons. The highest BCUT2D eigenvalue weighted by atomic mass is 31.1. The van der Waals surface area contributed by atoms with Crippen molar-refractivity contribution in [3.8, 4) is 0 Å². The summed E-state index contributed by atoms with van der Waals surface area (Å²) in [5.41, 5.74) is 14.2. The zero-order chi connectivity index (χ0) is 36.8. The second kappa shape index (κ2) is 21.5. The van der Waals surface area contributed by atoms with Crippen molar-refractivity contribution < 1.29 is 0 Å². The SMILES string of the molecule is Cc1cccc(C)c1NC(=NCCCCCN=C(Nc1c(C)cccc1C)P(C1CCCCC1)C1CCCCC1)P(C1CCCCC1)C1CCCCC1. The molecule has 0 heterocycles. The van der Waals surface area contributed by atoms with E-state index < -0.39 is 0 Å². The van der Waals surface area contributed by atoms with Crippen LogP contribution in [0.4, 0.5) is 11.4 Å². The fourth-order valence-corrected chi connectivity index (χ4v) is 17.4. The van der Waals surface area contributed by atoms with Crippen molar-refractivity contribution in [2.75, 3.05) is 23.7 Å². The minimum atomic E-state index is -0.285. The highest BCUT2D eigenvalue weighted by molar-refractivity contribution is 7.77. The van der Waals surface area contributed by atoms with Crippen LogP contribution in [0, 0.1) is 27.7 Å². The Morgan fingerprint density at radius 2 is 0.736 bits per heavy atom. The Bertz CT molecular complexity index is 1270. The molecule has 4 nitrogen and oxygen atoms in total. The molecule has 0 spiro atoms. The molecule has 6 heteroatoms. The number of amidine groups is 2. The van der Waals surface area contributed by atoms with E-state index in [1.165, 1.54) is 180 Å². The number of unbranched alkanes of at least 4 members (excludes halogenated alkanes) is 2. The molecule has 53 heavy (non-hydrogen) atoms. The predicted octanol–water partition coefficient (Wildman–Crippen LogP) is 14.6. The number of benzene rings is 2. The van der Waals surface area contributed by atoms with E-state index in [9.17, 15) is 0 Å². The van der Waals surface area contributed by atoms with E-state index in [1.54, 1.807) is 0 Å². The molecule has 4 saturated carbocycles. The molecule has 0 bridgehead atoms. The van der Waals surface area contributed by atoms with E-state index in [0.717, 1.165) is 48.6 Å². The van der Waals surface area contributed by atoms with E-state index in [2.05, 4.69) is 74.7 Å². The van der Waals surface area contributed by atoms with Crippen molar-refractivity contribution in [1.82, 2.24) is 0 Å². The van der Waals surface area contributed by atoms with E-state index in [-0.39, 0.29) is 15.8 Å². The van der Waals surface area contributed by atoms with E-state index >= 15 is 0 Å². The molecule has 4 aliphatic rings.